The number of nitrogen functional groups attached to an aromatic ring is 1. The van der Waals surface area contributed by atoms with Crippen molar-refractivity contribution in [3.8, 4) is 5.88 Å². The third-order valence-corrected chi connectivity index (χ3v) is 5.69. The largest absolute Gasteiger partial charge is 0.475 e. The van der Waals surface area contributed by atoms with Crippen LogP contribution in [-0.4, -0.2) is 44.2 Å². The molecule has 5 rings (SSSR count). The van der Waals surface area contributed by atoms with Crippen LogP contribution in [0.3, 0.4) is 0 Å². The number of hydrogen-bond donors (Lipinski definition) is 1. The average molecular weight is 442 g/mol. The van der Waals surface area contributed by atoms with Crippen molar-refractivity contribution < 1.29 is 22.7 Å². The molecule has 1 amide bonds. The Labute approximate surface area is 179 Å². The first-order valence-electron chi connectivity index (χ1n) is 9.63. The van der Waals surface area contributed by atoms with Crippen molar-refractivity contribution >= 4 is 33.5 Å². The molecular formula is C21H17F3N6O2. The number of amides is 1. The van der Waals surface area contributed by atoms with Gasteiger partial charge in [0.2, 0.25) is 5.88 Å². The van der Waals surface area contributed by atoms with Gasteiger partial charge in [-0.15, -0.1) is 0 Å². The normalized spacial score (nSPS) is 15.7. The maximum Gasteiger partial charge on any atom is 0.417 e. The van der Waals surface area contributed by atoms with Crippen molar-refractivity contribution in [3.05, 3.63) is 53.3 Å². The zero-order valence-corrected chi connectivity index (χ0v) is 17.0. The van der Waals surface area contributed by atoms with Crippen LogP contribution in [0.25, 0.3) is 21.8 Å². The minimum atomic E-state index is -4.54. The maximum atomic E-state index is 13.3. The van der Waals surface area contributed by atoms with Gasteiger partial charge in [-0.3, -0.25) is 9.48 Å². The fraction of sp³-hybridized carbons (Fsp3) is 0.238. The highest BCUT2D eigenvalue weighted by molar-refractivity contribution is 6.10. The molecule has 0 saturated carbocycles. The summed E-state index contributed by atoms with van der Waals surface area (Å²) < 4.78 is 46.5. The quantitative estimate of drug-likeness (QED) is 0.511. The maximum absolute atomic E-state index is 13.3. The van der Waals surface area contributed by atoms with Crippen LogP contribution in [0.1, 0.15) is 27.5 Å². The predicted octanol–water partition coefficient (Wildman–Crippen LogP) is 3.32. The van der Waals surface area contributed by atoms with Gasteiger partial charge in [-0.05, 0) is 24.3 Å². The molecule has 4 aromatic rings. The molecule has 8 nitrogen and oxygen atoms in total. The fourth-order valence-corrected chi connectivity index (χ4v) is 3.99. The zero-order valence-electron chi connectivity index (χ0n) is 17.0. The minimum absolute atomic E-state index is 0.0174. The summed E-state index contributed by atoms with van der Waals surface area (Å²) in [6.07, 6.45) is -2.21. The molecule has 1 aliphatic heterocycles. The molecule has 0 bridgehead atoms. The Hall–Kier alpha value is -3.89. The van der Waals surface area contributed by atoms with E-state index in [4.69, 9.17) is 10.5 Å². The number of aryl methyl sites for hydroxylation is 1. The van der Waals surface area contributed by atoms with Crippen molar-refractivity contribution in [2.45, 2.75) is 12.2 Å². The number of alkyl halides is 3. The fourth-order valence-electron chi connectivity index (χ4n) is 3.99. The highest BCUT2D eigenvalue weighted by Gasteiger charge is 2.37. The number of hydrogen-bond acceptors (Lipinski definition) is 6. The molecular weight excluding hydrogens is 425 g/mol. The van der Waals surface area contributed by atoms with Gasteiger partial charge in [-0.1, -0.05) is 0 Å². The summed E-state index contributed by atoms with van der Waals surface area (Å²) in [5.74, 6) is 0.0554. The van der Waals surface area contributed by atoms with E-state index in [1.807, 2.05) is 0 Å². The number of likely N-dealkylation sites (N-methyl/N-ethyl adjacent to an activating group) is 1. The second-order valence-electron chi connectivity index (χ2n) is 7.62. The molecule has 0 aliphatic carbocycles. The van der Waals surface area contributed by atoms with E-state index in [0.29, 0.717) is 27.7 Å². The summed E-state index contributed by atoms with van der Waals surface area (Å²) in [4.78, 5) is 22.7. The summed E-state index contributed by atoms with van der Waals surface area (Å²) in [5.41, 5.74) is 7.03. The van der Waals surface area contributed by atoms with Gasteiger partial charge in [0, 0.05) is 36.8 Å². The van der Waals surface area contributed by atoms with E-state index >= 15 is 0 Å². The second kappa shape index (κ2) is 6.81. The van der Waals surface area contributed by atoms with Gasteiger partial charge in [-0.25, -0.2) is 9.97 Å². The number of aromatic nitrogens is 4. The van der Waals surface area contributed by atoms with Gasteiger partial charge in [0.25, 0.3) is 5.91 Å². The van der Waals surface area contributed by atoms with Gasteiger partial charge in [0.05, 0.1) is 34.2 Å². The number of anilines is 1. The third kappa shape index (κ3) is 3.00. The van der Waals surface area contributed by atoms with Gasteiger partial charge < -0.3 is 15.4 Å². The minimum Gasteiger partial charge on any atom is -0.475 e. The van der Waals surface area contributed by atoms with Crippen LogP contribution >= 0.6 is 0 Å². The Morgan fingerprint density at radius 1 is 1.25 bits per heavy atom. The number of rotatable bonds is 2. The molecule has 1 atom stereocenters. The Morgan fingerprint density at radius 2 is 2.03 bits per heavy atom. The van der Waals surface area contributed by atoms with E-state index in [9.17, 15) is 18.0 Å². The number of carbonyl (C=O) groups is 1. The molecule has 32 heavy (non-hydrogen) atoms. The molecule has 1 aromatic carbocycles. The van der Waals surface area contributed by atoms with E-state index in [0.717, 1.165) is 17.8 Å². The first-order chi connectivity index (χ1) is 15.1. The number of halogens is 3. The van der Waals surface area contributed by atoms with Crippen molar-refractivity contribution in [1.82, 2.24) is 24.6 Å². The summed E-state index contributed by atoms with van der Waals surface area (Å²) in [7, 11) is 3.29. The first-order valence-corrected chi connectivity index (χ1v) is 9.63. The molecule has 0 fully saturated rings. The lowest BCUT2D eigenvalue weighted by atomic mass is 10.0. The second-order valence-corrected chi connectivity index (χ2v) is 7.62. The van der Waals surface area contributed by atoms with Gasteiger partial charge in [-0.2, -0.15) is 18.3 Å². The highest BCUT2D eigenvalue weighted by Crippen LogP contribution is 2.39. The number of fused-ring (bicyclic) bond motifs is 4. The first kappa shape index (κ1) is 20.0. The van der Waals surface area contributed by atoms with Gasteiger partial charge >= 0.3 is 6.18 Å². The van der Waals surface area contributed by atoms with E-state index in [1.165, 1.54) is 11.9 Å². The molecule has 3 aromatic heterocycles. The van der Waals surface area contributed by atoms with Crippen LogP contribution in [0, 0.1) is 0 Å². The van der Waals surface area contributed by atoms with Crippen molar-refractivity contribution in [1.29, 1.82) is 0 Å². The predicted molar refractivity (Wildman–Crippen MR) is 110 cm³/mol. The number of ether oxygens (including phenoxy) is 1. The van der Waals surface area contributed by atoms with Gasteiger partial charge in [0.15, 0.2) is 0 Å². The number of nitrogens with two attached hydrogens (primary N) is 1. The summed E-state index contributed by atoms with van der Waals surface area (Å²) >= 11 is 0. The van der Waals surface area contributed by atoms with Crippen molar-refractivity contribution in [2.75, 3.05) is 19.4 Å². The van der Waals surface area contributed by atoms with Crippen LogP contribution in [0.15, 0.2) is 36.7 Å². The molecule has 4 heterocycles. The molecule has 2 N–H and O–H groups in total. The van der Waals surface area contributed by atoms with E-state index in [-0.39, 0.29) is 24.0 Å². The molecule has 0 unspecified atom stereocenters. The summed E-state index contributed by atoms with van der Waals surface area (Å²) in [5, 5.41) is 5.58. The van der Waals surface area contributed by atoms with E-state index in [2.05, 4.69) is 15.1 Å². The number of pyridine rings is 2. The van der Waals surface area contributed by atoms with E-state index < -0.39 is 17.8 Å². The molecule has 11 heteroatoms. The van der Waals surface area contributed by atoms with Crippen molar-refractivity contribution in [3.63, 3.8) is 0 Å². The zero-order chi connectivity index (χ0) is 22.8. The van der Waals surface area contributed by atoms with Crippen molar-refractivity contribution in [2.24, 2.45) is 7.05 Å². The van der Waals surface area contributed by atoms with Crippen LogP contribution in [-0.2, 0) is 13.2 Å². The van der Waals surface area contributed by atoms with Crippen LogP contribution in [0.5, 0.6) is 5.88 Å². The number of nitrogens with zero attached hydrogens (tertiary/aromatic N) is 5. The molecule has 164 valence electrons. The standard InChI is InChI=1S/C21H17F3N6O2/c1-29(16-9-32-19-13(16)6-11(7-26-19)21(22,23)24)20(31)10-3-4-15-12(5-10)17-14(18(25)28-15)8-27-30(17)2/h3-8,16H,9H2,1-2H3,(H2,25,28)/t16-/m1/s1. The number of benzene rings is 1. The van der Waals surface area contributed by atoms with Crippen LogP contribution in [0.2, 0.25) is 0 Å². The van der Waals surface area contributed by atoms with Crippen LogP contribution in [0.4, 0.5) is 19.0 Å². The molecule has 0 saturated heterocycles. The third-order valence-electron chi connectivity index (χ3n) is 5.69. The molecule has 1 aliphatic rings. The monoisotopic (exact) mass is 442 g/mol. The Kier molecular flexibility index (Phi) is 4.26. The smallest absolute Gasteiger partial charge is 0.417 e. The SMILES string of the molecule is CN(C(=O)c1ccc2nc(N)c3cnn(C)c3c2c1)[C@@H]1COc2ncc(C(F)(F)F)cc21. The lowest BCUT2D eigenvalue weighted by molar-refractivity contribution is -0.137. The Balaban J connectivity index is 1.54. The lowest BCUT2D eigenvalue weighted by Gasteiger charge is -2.24. The highest BCUT2D eigenvalue weighted by atomic mass is 19.4. The average Bonchev–Trinajstić information content (AvgIpc) is 3.36. The van der Waals surface area contributed by atoms with Crippen LogP contribution < -0.4 is 10.5 Å². The topological polar surface area (TPSA) is 99.2 Å². The molecule has 0 radical (unpaired) electrons. The van der Waals surface area contributed by atoms with E-state index in [1.54, 1.807) is 36.1 Å². The summed E-state index contributed by atoms with van der Waals surface area (Å²) in [6.45, 7) is 0.0174. The molecule has 0 spiro atoms. The Bertz CT molecular complexity index is 1400. The lowest BCUT2D eigenvalue weighted by Crippen LogP contribution is -2.32. The summed E-state index contributed by atoms with van der Waals surface area (Å²) in [6, 6.07) is 5.25. The number of carbonyl (C=O) groups excluding carboxylic acids is 1. The Morgan fingerprint density at radius 3 is 2.78 bits per heavy atom. The van der Waals surface area contributed by atoms with Gasteiger partial charge in [0.1, 0.15) is 12.4 Å².